The lowest BCUT2D eigenvalue weighted by Crippen LogP contribution is -2.39. The molecule has 3 aromatic rings. The van der Waals surface area contributed by atoms with Crippen molar-refractivity contribution < 1.29 is 9.21 Å². The molecule has 2 heterocycles. The SMILES string of the molecule is O=C(/C=C/c1ccccc1)NC[C@@H]1CCCN1c1nc2ccccc2o1. The summed E-state index contributed by atoms with van der Waals surface area (Å²) in [6, 6.07) is 18.4. The second kappa shape index (κ2) is 7.44. The Morgan fingerprint density at radius 1 is 1.19 bits per heavy atom. The third-order valence-electron chi connectivity index (χ3n) is 4.64. The number of rotatable bonds is 5. The molecule has 0 saturated carbocycles. The van der Waals surface area contributed by atoms with Crippen molar-refractivity contribution >= 4 is 29.1 Å². The topological polar surface area (TPSA) is 58.4 Å². The van der Waals surface area contributed by atoms with E-state index in [-0.39, 0.29) is 11.9 Å². The third kappa shape index (κ3) is 3.61. The molecule has 1 aliphatic rings. The van der Waals surface area contributed by atoms with E-state index < -0.39 is 0 Å². The van der Waals surface area contributed by atoms with E-state index in [1.54, 1.807) is 6.08 Å². The van der Waals surface area contributed by atoms with Crippen LogP contribution in [0.5, 0.6) is 0 Å². The maximum Gasteiger partial charge on any atom is 0.298 e. The number of aromatic nitrogens is 1. The van der Waals surface area contributed by atoms with Crippen molar-refractivity contribution in [3.05, 3.63) is 66.2 Å². The Balaban J connectivity index is 1.38. The van der Waals surface area contributed by atoms with Gasteiger partial charge < -0.3 is 14.6 Å². The van der Waals surface area contributed by atoms with E-state index >= 15 is 0 Å². The van der Waals surface area contributed by atoms with Crippen LogP contribution in [0.25, 0.3) is 17.2 Å². The van der Waals surface area contributed by atoms with Gasteiger partial charge in [-0.3, -0.25) is 4.79 Å². The van der Waals surface area contributed by atoms with Crippen molar-refractivity contribution in [1.29, 1.82) is 0 Å². The molecule has 1 amide bonds. The molecule has 5 nitrogen and oxygen atoms in total. The first-order chi connectivity index (χ1) is 12.8. The predicted molar refractivity (Wildman–Crippen MR) is 103 cm³/mol. The fourth-order valence-electron chi connectivity index (χ4n) is 3.30. The van der Waals surface area contributed by atoms with Crippen molar-refractivity contribution in [2.24, 2.45) is 0 Å². The average Bonchev–Trinajstić information content (AvgIpc) is 3.31. The number of carbonyl (C=O) groups excluding carboxylic acids is 1. The zero-order valence-corrected chi connectivity index (χ0v) is 14.5. The smallest absolute Gasteiger partial charge is 0.298 e. The molecule has 132 valence electrons. The molecule has 1 N–H and O–H groups in total. The Morgan fingerprint density at radius 2 is 2.00 bits per heavy atom. The van der Waals surface area contributed by atoms with E-state index in [2.05, 4.69) is 15.2 Å². The molecule has 1 aromatic heterocycles. The zero-order valence-electron chi connectivity index (χ0n) is 14.5. The minimum atomic E-state index is -0.0849. The fraction of sp³-hybridized carbons (Fsp3) is 0.238. The highest BCUT2D eigenvalue weighted by atomic mass is 16.4. The van der Waals surface area contributed by atoms with Gasteiger partial charge in [0, 0.05) is 19.2 Å². The third-order valence-corrected chi connectivity index (χ3v) is 4.64. The Kier molecular flexibility index (Phi) is 4.69. The second-order valence-electron chi connectivity index (χ2n) is 6.44. The van der Waals surface area contributed by atoms with Crippen LogP contribution in [0.4, 0.5) is 6.01 Å². The Bertz CT molecular complexity index is 884. The van der Waals surface area contributed by atoms with Crippen molar-refractivity contribution in [2.45, 2.75) is 18.9 Å². The van der Waals surface area contributed by atoms with E-state index in [9.17, 15) is 4.79 Å². The van der Waals surface area contributed by atoms with Gasteiger partial charge in [0.05, 0.1) is 6.04 Å². The Morgan fingerprint density at radius 3 is 2.85 bits per heavy atom. The standard InChI is InChI=1S/C21H21N3O2/c25-20(13-12-16-7-2-1-3-8-16)22-15-17-9-6-14-24(17)21-23-18-10-4-5-11-19(18)26-21/h1-5,7-8,10-13,17H,6,9,14-15H2,(H,22,25)/b13-12+/t17-/m0/s1. The van der Waals surface area contributed by atoms with Crippen LogP contribution in [-0.2, 0) is 4.79 Å². The maximum absolute atomic E-state index is 12.1. The molecule has 0 spiro atoms. The monoisotopic (exact) mass is 347 g/mol. The van der Waals surface area contributed by atoms with Crippen LogP contribution < -0.4 is 10.2 Å². The van der Waals surface area contributed by atoms with E-state index in [4.69, 9.17) is 4.42 Å². The summed E-state index contributed by atoms with van der Waals surface area (Å²) in [5.41, 5.74) is 2.67. The summed E-state index contributed by atoms with van der Waals surface area (Å²) in [7, 11) is 0. The lowest BCUT2D eigenvalue weighted by molar-refractivity contribution is -0.116. The molecule has 0 bridgehead atoms. The highest BCUT2D eigenvalue weighted by Gasteiger charge is 2.28. The number of amides is 1. The first-order valence-corrected chi connectivity index (χ1v) is 8.93. The molecule has 1 saturated heterocycles. The fourth-order valence-corrected chi connectivity index (χ4v) is 3.30. The quantitative estimate of drug-likeness (QED) is 0.716. The van der Waals surface area contributed by atoms with Crippen molar-refractivity contribution in [3.8, 4) is 0 Å². The summed E-state index contributed by atoms with van der Waals surface area (Å²) in [6.45, 7) is 1.48. The number of para-hydroxylation sites is 2. The van der Waals surface area contributed by atoms with Gasteiger partial charge in [-0.05, 0) is 36.6 Å². The molecular weight excluding hydrogens is 326 g/mol. The minimum absolute atomic E-state index is 0.0849. The molecule has 4 rings (SSSR count). The Labute approximate surface area is 152 Å². The van der Waals surface area contributed by atoms with Gasteiger partial charge in [-0.25, -0.2) is 0 Å². The molecule has 0 radical (unpaired) electrons. The number of anilines is 1. The number of carbonyl (C=O) groups is 1. The number of nitrogens with one attached hydrogen (secondary N) is 1. The van der Waals surface area contributed by atoms with E-state index in [0.29, 0.717) is 12.6 Å². The van der Waals surface area contributed by atoms with E-state index in [1.165, 1.54) is 0 Å². The molecule has 5 heteroatoms. The van der Waals surface area contributed by atoms with Crippen LogP contribution in [-0.4, -0.2) is 30.0 Å². The molecular formula is C21H21N3O2. The van der Waals surface area contributed by atoms with Crippen LogP contribution >= 0.6 is 0 Å². The molecule has 26 heavy (non-hydrogen) atoms. The number of benzene rings is 2. The number of oxazole rings is 1. The summed E-state index contributed by atoms with van der Waals surface area (Å²) >= 11 is 0. The highest BCUT2D eigenvalue weighted by molar-refractivity contribution is 5.91. The van der Waals surface area contributed by atoms with Crippen molar-refractivity contribution in [2.75, 3.05) is 18.0 Å². The summed E-state index contributed by atoms with van der Waals surface area (Å²) in [5.74, 6) is -0.0849. The van der Waals surface area contributed by atoms with Crippen LogP contribution in [0.15, 0.2) is 65.1 Å². The second-order valence-corrected chi connectivity index (χ2v) is 6.44. The molecule has 2 aromatic carbocycles. The Hall–Kier alpha value is -3.08. The molecule has 0 unspecified atom stereocenters. The number of hydrogen-bond acceptors (Lipinski definition) is 4. The first-order valence-electron chi connectivity index (χ1n) is 8.93. The minimum Gasteiger partial charge on any atom is -0.423 e. The normalized spacial score (nSPS) is 17.2. The molecule has 1 atom stereocenters. The van der Waals surface area contributed by atoms with Crippen LogP contribution in [0.3, 0.4) is 0 Å². The van der Waals surface area contributed by atoms with Gasteiger partial charge in [0.25, 0.3) is 6.01 Å². The summed E-state index contributed by atoms with van der Waals surface area (Å²) in [5, 5.41) is 2.99. The largest absolute Gasteiger partial charge is 0.423 e. The number of hydrogen-bond donors (Lipinski definition) is 1. The van der Waals surface area contributed by atoms with Crippen LogP contribution in [0, 0.1) is 0 Å². The summed E-state index contributed by atoms with van der Waals surface area (Å²) in [6.07, 6.45) is 5.48. The average molecular weight is 347 g/mol. The number of nitrogens with zero attached hydrogens (tertiary/aromatic N) is 2. The van der Waals surface area contributed by atoms with Gasteiger partial charge in [0.1, 0.15) is 5.52 Å². The van der Waals surface area contributed by atoms with Gasteiger partial charge in [0.15, 0.2) is 5.58 Å². The van der Waals surface area contributed by atoms with Gasteiger partial charge in [-0.1, -0.05) is 42.5 Å². The lowest BCUT2D eigenvalue weighted by atomic mass is 10.2. The van der Waals surface area contributed by atoms with Gasteiger partial charge >= 0.3 is 0 Å². The van der Waals surface area contributed by atoms with Gasteiger partial charge in [0.2, 0.25) is 5.91 Å². The maximum atomic E-state index is 12.1. The van der Waals surface area contributed by atoms with Gasteiger partial charge in [-0.15, -0.1) is 0 Å². The lowest BCUT2D eigenvalue weighted by Gasteiger charge is -2.22. The first kappa shape index (κ1) is 16.4. The number of fused-ring (bicyclic) bond motifs is 1. The predicted octanol–water partition coefficient (Wildman–Crippen LogP) is 3.63. The van der Waals surface area contributed by atoms with Crippen molar-refractivity contribution in [1.82, 2.24) is 10.3 Å². The van der Waals surface area contributed by atoms with Crippen LogP contribution in [0.1, 0.15) is 18.4 Å². The van der Waals surface area contributed by atoms with E-state index in [1.807, 2.05) is 60.7 Å². The summed E-state index contributed by atoms with van der Waals surface area (Å²) < 4.78 is 5.88. The highest BCUT2D eigenvalue weighted by Crippen LogP contribution is 2.27. The van der Waals surface area contributed by atoms with Gasteiger partial charge in [-0.2, -0.15) is 4.98 Å². The van der Waals surface area contributed by atoms with Crippen molar-refractivity contribution in [3.63, 3.8) is 0 Å². The van der Waals surface area contributed by atoms with E-state index in [0.717, 1.165) is 36.0 Å². The summed E-state index contributed by atoms with van der Waals surface area (Å²) in [4.78, 5) is 18.8. The molecule has 0 aliphatic carbocycles. The molecule has 1 aliphatic heterocycles. The molecule has 1 fully saturated rings. The zero-order chi connectivity index (χ0) is 17.8. The van der Waals surface area contributed by atoms with Crippen LogP contribution in [0.2, 0.25) is 0 Å².